The second-order valence-corrected chi connectivity index (χ2v) is 9.43. The molecule has 1 aromatic carbocycles. The summed E-state index contributed by atoms with van der Waals surface area (Å²) in [4.78, 5) is 25.8. The van der Waals surface area contributed by atoms with Crippen molar-refractivity contribution in [2.75, 3.05) is 5.75 Å². The maximum absolute atomic E-state index is 12.8. The normalized spacial score (nSPS) is 32.4. The Morgan fingerprint density at radius 3 is 2.12 bits per heavy atom. The summed E-state index contributed by atoms with van der Waals surface area (Å²) >= 11 is 7.28. The summed E-state index contributed by atoms with van der Waals surface area (Å²) < 4.78 is 0. The average Bonchev–Trinajstić information content (AvgIpc) is 2.58. The molecule has 4 aliphatic rings. The molecule has 0 aromatic heterocycles. The van der Waals surface area contributed by atoms with Gasteiger partial charge in [-0.3, -0.25) is 20.4 Å². The van der Waals surface area contributed by atoms with Crippen molar-refractivity contribution in [3.63, 3.8) is 0 Å². The molecule has 2 N–H and O–H groups in total. The lowest BCUT2D eigenvalue weighted by Gasteiger charge is -2.55. The lowest BCUT2D eigenvalue weighted by atomic mass is 9.49. The minimum atomic E-state index is -0.231. The Labute approximate surface area is 157 Å². The highest BCUT2D eigenvalue weighted by Gasteiger charge is 2.54. The van der Waals surface area contributed by atoms with Crippen molar-refractivity contribution >= 4 is 35.2 Å². The molecule has 0 atom stereocenters. The molecule has 0 aliphatic heterocycles. The first-order valence-electron chi connectivity index (χ1n) is 9.00. The van der Waals surface area contributed by atoms with E-state index >= 15 is 0 Å². The largest absolute Gasteiger partial charge is 0.273 e. The van der Waals surface area contributed by atoms with Crippen molar-refractivity contribution in [1.29, 1.82) is 0 Å². The number of hydrazine groups is 1. The van der Waals surface area contributed by atoms with E-state index in [2.05, 4.69) is 10.9 Å². The summed E-state index contributed by atoms with van der Waals surface area (Å²) in [6, 6.07) is 7.37. The number of nitrogens with one attached hydrogen (secondary N) is 2. The summed E-state index contributed by atoms with van der Waals surface area (Å²) in [7, 11) is 0. The molecule has 4 nitrogen and oxygen atoms in total. The predicted octanol–water partition coefficient (Wildman–Crippen LogP) is 3.80. The van der Waals surface area contributed by atoms with E-state index in [1.54, 1.807) is 12.1 Å². The number of rotatable bonds is 4. The fraction of sp³-hybridized carbons (Fsp3) is 0.579. The maximum Gasteiger partial charge on any atom is 0.248 e. The van der Waals surface area contributed by atoms with Crippen molar-refractivity contribution in [2.24, 2.45) is 23.2 Å². The molecule has 0 spiro atoms. The Balaban J connectivity index is 1.27. The van der Waals surface area contributed by atoms with E-state index in [4.69, 9.17) is 11.6 Å². The van der Waals surface area contributed by atoms with Crippen LogP contribution in [0, 0.1) is 23.2 Å². The quantitative estimate of drug-likeness (QED) is 0.619. The Bertz CT molecular complexity index is 641. The molecule has 4 saturated carbocycles. The number of thioether (sulfide) groups is 1. The molecular weight excluding hydrogens is 356 g/mol. The zero-order chi connectivity index (χ0) is 17.4. The zero-order valence-electron chi connectivity index (χ0n) is 14.1. The van der Waals surface area contributed by atoms with Gasteiger partial charge >= 0.3 is 0 Å². The fourth-order valence-electron chi connectivity index (χ4n) is 5.36. The van der Waals surface area contributed by atoms with E-state index < -0.39 is 0 Å². The Kier molecular flexibility index (Phi) is 4.71. The molecule has 0 heterocycles. The first-order chi connectivity index (χ1) is 12.0. The molecule has 0 saturated heterocycles. The summed E-state index contributed by atoms with van der Waals surface area (Å²) in [5, 5.41) is 0.677. The van der Waals surface area contributed by atoms with Crippen molar-refractivity contribution < 1.29 is 9.59 Å². The van der Waals surface area contributed by atoms with Gasteiger partial charge in [-0.1, -0.05) is 11.6 Å². The second kappa shape index (κ2) is 6.84. The number of benzene rings is 1. The minimum absolute atomic E-state index is 0.0245. The third-order valence-corrected chi connectivity index (χ3v) is 7.28. The monoisotopic (exact) mass is 378 g/mol. The number of carbonyl (C=O) groups is 2. The van der Waals surface area contributed by atoms with E-state index in [9.17, 15) is 9.59 Å². The third kappa shape index (κ3) is 3.68. The number of hydrogen-bond donors (Lipinski definition) is 2. The molecular formula is C19H23ClN2O2S. The van der Waals surface area contributed by atoms with Crippen LogP contribution in [-0.2, 0) is 9.59 Å². The molecule has 25 heavy (non-hydrogen) atoms. The van der Waals surface area contributed by atoms with Crippen LogP contribution >= 0.6 is 23.4 Å². The van der Waals surface area contributed by atoms with E-state index in [-0.39, 0.29) is 23.0 Å². The molecule has 6 heteroatoms. The summed E-state index contributed by atoms with van der Waals surface area (Å²) in [6.45, 7) is 0. The predicted molar refractivity (Wildman–Crippen MR) is 99.1 cm³/mol. The first-order valence-corrected chi connectivity index (χ1v) is 10.4. The molecule has 1 aromatic rings. The highest BCUT2D eigenvalue weighted by atomic mass is 35.5. The molecule has 4 aliphatic carbocycles. The molecule has 2 amide bonds. The van der Waals surface area contributed by atoms with Gasteiger partial charge in [-0.05, 0) is 80.5 Å². The van der Waals surface area contributed by atoms with Crippen LogP contribution in [0.15, 0.2) is 29.2 Å². The number of hydrogen-bond acceptors (Lipinski definition) is 3. The van der Waals surface area contributed by atoms with Crippen LogP contribution in [0.25, 0.3) is 0 Å². The minimum Gasteiger partial charge on any atom is -0.273 e. The highest BCUT2D eigenvalue weighted by molar-refractivity contribution is 8.00. The standard InChI is InChI=1S/C19H23ClN2O2S/c20-15-1-3-16(4-2-15)25-11-17(23)21-22-18(24)19-8-12-5-13(9-19)7-14(6-12)10-19/h1-4,12-14H,5-11H2,(H,21,23)(H,22,24). The number of amides is 2. The third-order valence-electron chi connectivity index (χ3n) is 6.02. The molecule has 5 rings (SSSR count). The van der Waals surface area contributed by atoms with Crippen LogP contribution in [0.3, 0.4) is 0 Å². The van der Waals surface area contributed by atoms with E-state index in [0.717, 1.165) is 24.2 Å². The van der Waals surface area contributed by atoms with E-state index in [0.29, 0.717) is 22.8 Å². The maximum atomic E-state index is 12.8. The SMILES string of the molecule is O=C(CSc1ccc(Cl)cc1)NNC(=O)C12CC3CC(CC(C3)C1)C2. The van der Waals surface area contributed by atoms with Gasteiger partial charge in [-0.2, -0.15) is 0 Å². The second-order valence-electron chi connectivity index (χ2n) is 7.94. The zero-order valence-corrected chi connectivity index (χ0v) is 15.7. The van der Waals surface area contributed by atoms with E-state index in [1.165, 1.54) is 31.0 Å². The van der Waals surface area contributed by atoms with Gasteiger partial charge < -0.3 is 0 Å². The van der Waals surface area contributed by atoms with E-state index in [1.807, 2.05) is 12.1 Å². The molecule has 4 bridgehead atoms. The van der Waals surface area contributed by atoms with Crippen molar-refractivity contribution in [1.82, 2.24) is 10.9 Å². The van der Waals surface area contributed by atoms with Gasteiger partial charge in [0.1, 0.15) is 0 Å². The van der Waals surface area contributed by atoms with Crippen molar-refractivity contribution in [3.8, 4) is 0 Å². The molecule has 0 unspecified atom stereocenters. The average molecular weight is 379 g/mol. The lowest BCUT2D eigenvalue weighted by molar-refractivity contribution is -0.148. The Hall–Kier alpha value is -1.20. The van der Waals surface area contributed by atoms with Gasteiger partial charge in [0.2, 0.25) is 11.8 Å². The Morgan fingerprint density at radius 1 is 1.00 bits per heavy atom. The summed E-state index contributed by atoms with van der Waals surface area (Å²) in [5.41, 5.74) is 5.08. The van der Waals surface area contributed by atoms with Crippen LogP contribution in [0.4, 0.5) is 0 Å². The smallest absolute Gasteiger partial charge is 0.248 e. The first kappa shape index (κ1) is 17.2. The van der Waals surface area contributed by atoms with Crippen LogP contribution in [0.5, 0.6) is 0 Å². The molecule has 4 fully saturated rings. The topological polar surface area (TPSA) is 58.2 Å². The van der Waals surface area contributed by atoms with Gasteiger partial charge in [0.05, 0.1) is 11.2 Å². The number of carbonyl (C=O) groups excluding carboxylic acids is 2. The van der Waals surface area contributed by atoms with Crippen LogP contribution < -0.4 is 10.9 Å². The number of halogens is 1. The highest BCUT2D eigenvalue weighted by Crippen LogP contribution is 2.60. The van der Waals surface area contributed by atoms with Gasteiger partial charge in [0.15, 0.2) is 0 Å². The van der Waals surface area contributed by atoms with Crippen molar-refractivity contribution in [2.45, 2.75) is 43.4 Å². The lowest BCUT2D eigenvalue weighted by Crippen LogP contribution is -2.56. The van der Waals surface area contributed by atoms with Crippen LogP contribution in [0.2, 0.25) is 5.02 Å². The molecule has 134 valence electrons. The van der Waals surface area contributed by atoms with Crippen LogP contribution in [0.1, 0.15) is 38.5 Å². The fourth-order valence-corrected chi connectivity index (χ4v) is 6.19. The summed E-state index contributed by atoms with van der Waals surface area (Å²) in [5.74, 6) is 2.26. The van der Waals surface area contributed by atoms with Gasteiger partial charge in [0, 0.05) is 9.92 Å². The van der Waals surface area contributed by atoms with Gasteiger partial charge in [0.25, 0.3) is 0 Å². The summed E-state index contributed by atoms with van der Waals surface area (Å²) in [6.07, 6.45) is 6.91. The van der Waals surface area contributed by atoms with Crippen molar-refractivity contribution in [3.05, 3.63) is 29.3 Å². The van der Waals surface area contributed by atoms with Gasteiger partial charge in [-0.25, -0.2) is 0 Å². The Morgan fingerprint density at radius 2 is 1.56 bits per heavy atom. The van der Waals surface area contributed by atoms with Crippen LogP contribution in [-0.4, -0.2) is 17.6 Å². The van der Waals surface area contributed by atoms with Gasteiger partial charge in [-0.15, -0.1) is 11.8 Å². The molecule has 0 radical (unpaired) electrons.